The Morgan fingerprint density at radius 1 is 1.06 bits per heavy atom. The van der Waals surface area contributed by atoms with E-state index in [9.17, 15) is 51.6 Å². The van der Waals surface area contributed by atoms with Gasteiger partial charge in [0.25, 0.3) is 10.0 Å². The van der Waals surface area contributed by atoms with Gasteiger partial charge in [-0.3, -0.25) is 0 Å². The molecule has 188 valence electrons. The third kappa shape index (κ3) is 8.81. The first-order valence-corrected chi connectivity index (χ1v) is 12.9. The summed E-state index contributed by atoms with van der Waals surface area (Å²) in [6, 6.07) is 0.283. The maximum Gasteiger partial charge on any atom is 0.480 e. The van der Waals surface area contributed by atoms with Crippen LogP contribution in [0.25, 0.3) is 4.13 Å². The molecule has 0 radical (unpaired) electrons. The van der Waals surface area contributed by atoms with Gasteiger partial charge in [-0.15, -0.1) is 0 Å². The van der Waals surface area contributed by atoms with Crippen molar-refractivity contribution < 1.29 is 56.2 Å². The average molecular weight is 540 g/mol. The third-order valence-corrected chi connectivity index (χ3v) is 7.62. The zero-order chi connectivity index (χ0) is 25.0. The molecule has 20 heteroatoms. The molecule has 0 amide bonds. The molecule has 0 bridgehead atoms. The smallest absolute Gasteiger partial charge is 0.421 e. The monoisotopic (exact) mass is 539 g/mol. The van der Waals surface area contributed by atoms with Crippen LogP contribution in [0.2, 0.25) is 0 Å². The quantitative estimate of drug-likeness (QED) is 0.366. The molecule has 1 aliphatic rings. The lowest BCUT2D eigenvalue weighted by Gasteiger charge is -2.22. The van der Waals surface area contributed by atoms with E-state index in [1.54, 1.807) is 17.1 Å². The number of sulfonamides is 3. The van der Waals surface area contributed by atoms with Crippen molar-refractivity contribution in [1.29, 1.82) is 0 Å². The number of halogens is 6. The third-order valence-electron chi connectivity index (χ3n) is 3.64. The molecule has 0 aromatic carbocycles. The Labute approximate surface area is 179 Å². The molecule has 2 rings (SSSR count). The molecule has 11 nitrogen and oxygen atoms in total. The van der Waals surface area contributed by atoms with E-state index >= 15 is 0 Å². The lowest BCUT2D eigenvalue weighted by Crippen LogP contribution is -2.38. The van der Waals surface area contributed by atoms with Crippen LogP contribution in [0.4, 0.5) is 26.3 Å². The van der Waals surface area contributed by atoms with Gasteiger partial charge in [-0.2, -0.15) is 26.3 Å². The Kier molecular flexibility index (Phi) is 9.10. The predicted octanol–water partition coefficient (Wildman–Crippen LogP) is 0.000800. The minimum Gasteiger partial charge on any atom is -0.421 e. The zero-order valence-electron chi connectivity index (χ0n) is 16.1. The van der Waals surface area contributed by atoms with E-state index in [1.807, 2.05) is 17.8 Å². The number of hydrogen-bond donors (Lipinski definition) is 2. The van der Waals surface area contributed by atoms with Crippen LogP contribution < -0.4 is 14.6 Å². The molecule has 32 heavy (non-hydrogen) atoms. The minimum absolute atomic E-state index is 0.0272. The average Bonchev–Trinajstić information content (AvgIpc) is 3.22. The highest BCUT2D eigenvalue weighted by molar-refractivity contribution is 8.13. The van der Waals surface area contributed by atoms with E-state index in [-0.39, 0.29) is 11.9 Å². The molecule has 1 aromatic rings. The van der Waals surface area contributed by atoms with Crippen LogP contribution in [0.5, 0.6) is 0 Å². The molecule has 1 saturated heterocycles. The van der Waals surface area contributed by atoms with Gasteiger partial charge in [0, 0.05) is 12.6 Å². The van der Waals surface area contributed by atoms with Crippen molar-refractivity contribution in [2.45, 2.75) is 35.8 Å². The van der Waals surface area contributed by atoms with Gasteiger partial charge in [0.2, 0.25) is 12.2 Å². The number of nitrogens with one attached hydrogen (secondary N) is 2. The largest absolute Gasteiger partial charge is 0.480 e. The molecular weight excluding hydrogens is 520 g/mol. The molecule has 1 aromatic heterocycles. The van der Waals surface area contributed by atoms with Crippen molar-refractivity contribution in [2.24, 2.45) is 7.05 Å². The molecular formula is C12H19F6N5O6S3. The standard InChI is InChI=1S/C10H19N4O2S.C2F6NO4S2/c1-13-5-6-14(8-13)9-17(15,16)12-7-10-3-2-4-11-10;3-1(4,5)14(10,11)9-15(12,13)2(6,7)8/h5-6,8,10-12H,2-4,7,9H2,1H3;/q+1;-1/t10-;/m0./s1. The molecule has 0 saturated carbocycles. The Hall–Kier alpha value is -1.48. The summed E-state index contributed by atoms with van der Waals surface area (Å²) in [5.74, 6) is -0.0272. The molecule has 0 aliphatic carbocycles. The number of aryl methyl sites for hydroxylation is 1. The number of aromatic nitrogens is 2. The minimum atomic E-state index is -6.72. The first-order chi connectivity index (χ1) is 14.3. The second kappa shape index (κ2) is 10.2. The number of alkyl halides is 6. The summed E-state index contributed by atoms with van der Waals surface area (Å²) >= 11 is 0. The molecule has 1 fully saturated rings. The molecule has 1 aliphatic heterocycles. The molecule has 1 atom stereocenters. The Bertz CT molecular complexity index is 1030. The second-order valence-corrected chi connectivity index (χ2v) is 11.6. The Morgan fingerprint density at radius 3 is 1.97 bits per heavy atom. The SMILES string of the molecule is C[n+]1ccn(CS(=O)(=O)NC[C@@H]2CCCN2)c1.O=S(=O)([N-]S(=O)(=O)C(F)(F)F)C(F)(F)F. The van der Waals surface area contributed by atoms with Gasteiger partial charge in [-0.25, -0.2) is 39.1 Å². The van der Waals surface area contributed by atoms with Crippen molar-refractivity contribution in [1.82, 2.24) is 14.6 Å². The highest BCUT2D eigenvalue weighted by atomic mass is 32.3. The highest BCUT2D eigenvalue weighted by Gasteiger charge is 2.46. The summed E-state index contributed by atoms with van der Waals surface area (Å²) in [5.41, 5.74) is -12.4. The highest BCUT2D eigenvalue weighted by Crippen LogP contribution is 2.36. The van der Waals surface area contributed by atoms with E-state index in [1.165, 1.54) is 0 Å². The van der Waals surface area contributed by atoms with Crippen molar-refractivity contribution >= 4 is 30.1 Å². The summed E-state index contributed by atoms with van der Waals surface area (Å²) in [4.78, 5) is 0. The maximum atomic E-state index is 11.8. The fourth-order valence-electron chi connectivity index (χ4n) is 2.19. The van der Waals surface area contributed by atoms with Crippen LogP contribution in [-0.2, 0) is 43.0 Å². The molecule has 0 spiro atoms. The van der Waals surface area contributed by atoms with Gasteiger partial charge in [-0.05, 0) is 19.4 Å². The topological polar surface area (TPSA) is 149 Å². The van der Waals surface area contributed by atoms with E-state index in [0.29, 0.717) is 6.54 Å². The lowest BCUT2D eigenvalue weighted by atomic mass is 10.2. The first kappa shape index (κ1) is 28.6. The van der Waals surface area contributed by atoms with Gasteiger partial charge in [0.05, 0.1) is 7.05 Å². The van der Waals surface area contributed by atoms with Crippen molar-refractivity contribution in [3.05, 3.63) is 22.8 Å². The van der Waals surface area contributed by atoms with E-state index < -0.39 is 41.1 Å². The maximum absolute atomic E-state index is 11.8. The van der Waals surface area contributed by atoms with Crippen LogP contribution in [0.1, 0.15) is 12.8 Å². The van der Waals surface area contributed by atoms with Crippen molar-refractivity contribution in [3.63, 3.8) is 0 Å². The number of hydrogen-bond acceptors (Lipinski definition) is 7. The second-order valence-electron chi connectivity index (χ2n) is 6.40. The van der Waals surface area contributed by atoms with Gasteiger partial charge in [0.15, 0.2) is 20.0 Å². The van der Waals surface area contributed by atoms with Crippen LogP contribution in [-0.4, -0.2) is 60.0 Å². The van der Waals surface area contributed by atoms with E-state index in [4.69, 9.17) is 0 Å². The van der Waals surface area contributed by atoms with E-state index in [0.717, 1.165) is 23.5 Å². The lowest BCUT2D eigenvalue weighted by molar-refractivity contribution is -0.670. The first-order valence-electron chi connectivity index (χ1n) is 8.34. The van der Waals surface area contributed by atoms with Crippen LogP contribution in [0.15, 0.2) is 18.7 Å². The Morgan fingerprint density at radius 2 is 1.59 bits per heavy atom. The summed E-state index contributed by atoms with van der Waals surface area (Å²) < 4.78 is 139. The van der Waals surface area contributed by atoms with Crippen molar-refractivity contribution in [2.75, 3.05) is 13.1 Å². The van der Waals surface area contributed by atoms with Gasteiger partial charge < -0.3 is 9.44 Å². The van der Waals surface area contributed by atoms with Gasteiger partial charge in [0.1, 0.15) is 12.4 Å². The number of nitrogens with zero attached hydrogens (tertiary/aromatic N) is 3. The summed E-state index contributed by atoms with van der Waals surface area (Å²) in [6.45, 7) is 1.47. The molecule has 0 unspecified atom stereocenters. The number of rotatable bonds is 7. The van der Waals surface area contributed by atoms with Gasteiger partial charge >= 0.3 is 11.0 Å². The predicted molar refractivity (Wildman–Crippen MR) is 96.9 cm³/mol. The van der Waals surface area contributed by atoms with Crippen LogP contribution >= 0.6 is 0 Å². The zero-order valence-corrected chi connectivity index (χ0v) is 18.6. The van der Waals surface area contributed by atoms with Crippen LogP contribution in [0, 0.1) is 0 Å². The van der Waals surface area contributed by atoms with Crippen molar-refractivity contribution in [3.8, 4) is 0 Å². The fourth-order valence-corrected chi connectivity index (χ4v) is 4.99. The van der Waals surface area contributed by atoms with E-state index in [2.05, 4.69) is 10.0 Å². The van der Waals surface area contributed by atoms with Gasteiger partial charge in [-0.1, -0.05) is 0 Å². The normalized spacial score (nSPS) is 18.3. The molecule has 2 heterocycles. The summed E-state index contributed by atoms with van der Waals surface area (Å²) in [7, 11) is -14.8. The fraction of sp³-hybridized carbons (Fsp3) is 0.750. The summed E-state index contributed by atoms with van der Waals surface area (Å²) in [5, 5.41) is 3.26. The molecule has 2 N–H and O–H groups in total. The van der Waals surface area contributed by atoms with Crippen LogP contribution in [0.3, 0.4) is 0 Å². The number of imidazole rings is 1. The Balaban J connectivity index is 0.000000324. The summed E-state index contributed by atoms with van der Waals surface area (Å²) in [6.07, 6.45) is 7.47.